The summed E-state index contributed by atoms with van der Waals surface area (Å²) in [6, 6.07) is 6.81. The zero-order valence-corrected chi connectivity index (χ0v) is 10.1. The van der Waals surface area contributed by atoms with Crippen LogP contribution >= 0.6 is 0 Å². The minimum Gasteiger partial charge on any atom is -0.465 e. The van der Waals surface area contributed by atoms with Crippen molar-refractivity contribution in [3.05, 3.63) is 35.4 Å². The molecule has 18 heavy (non-hydrogen) atoms. The Morgan fingerprint density at radius 3 is 2.50 bits per heavy atom. The summed E-state index contributed by atoms with van der Waals surface area (Å²) in [6.45, 7) is 0.555. The van der Waals surface area contributed by atoms with E-state index in [9.17, 15) is 9.59 Å². The van der Waals surface area contributed by atoms with Gasteiger partial charge in [-0.3, -0.25) is 4.79 Å². The average Bonchev–Trinajstić information content (AvgIpc) is 2.38. The number of aliphatic hydroxyl groups excluding tert-OH is 1. The summed E-state index contributed by atoms with van der Waals surface area (Å²) < 4.78 is 4.58. The van der Waals surface area contributed by atoms with Crippen LogP contribution < -0.4 is 11.1 Å². The third kappa shape index (κ3) is 4.15. The van der Waals surface area contributed by atoms with Gasteiger partial charge in [0, 0.05) is 13.1 Å². The molecule has 0 heterocycles. The van der Waals surface area contributed by atoms with Crippen molar-refractivity contribution in [3.8, 4) is 0 Å². The van der Waals surface area contributed by atoms with Crippen molar-refractivity contribution in [3.63, 3.8) is 0 Å². The van der Waals surface area contributed by atoms with Gasteiger partial charge in [0.2, 0.25) is 5.91 Å². The number of methoxy groups -OCH3 is 1. The molecule has 0 aliphatic carbocycles. The first-order chi connectivity index (χ1) is 8.54. The number of carbonyl (C=O) groups is 2. The number of carbonyl (C=O) groups excluding carboxylic acids is 2. The van der Waals surface area contributed by atoms with E-state index in [0.29, 0.717) is 12.1 Å². The molecule has 1 aromatic rings. The minimum atomic E-state index is -1.20. The lowest BCUT2D eigenvalue weighted by molar-refractivity contribution is -0.125. The molecule has 98 valence electrons. The van der Waals surface area contributed by atoms with Crippen molar-refractivity contribution in [2.24, 2.45) is 5.73 Å². The number of aliphatic hydroxyl groups is 1. The lowest BCUT2D eigenvalue weighted by atomic mass is 10.1. The number of primary amides is 1. The Labute approximate surface area is 105 Å². The average molecular weight is 252 g/mol. The molecule has 4 N–H and O–H groups in total. The molecule has 1 unspecified atom stereocenters. The van der Waals surface area contributed by atoms with Gasteiger partial charge in [-0.25, -0.2) is 4.79 Å². The normalized spacial score (nSPS) is 11.9. The van der Waals surface area contributed by atoms with Gasteiger partial charge >= 0.3 is 5.97 Å². The molecule has 0 spiro atoms. The predicted octanol–water partition coefficient (Wildman–Crippen LogP) is -0.591. The van der Waals surface area contributed by atoms with E-state index >= 15 is 0 Å². The van der Waals surface area contributed by atoms with Gasteiger partial charge in [0.05, 0.1) is 12.7 Å². The molecule has 0 radical (unpaired) electrons. The number of benzene rings is 1. The molecule has 0 aliphatic heterocycles. The molecule has 1 amide bonds. The maximum Gasteiger partial charge on any atom is 0.337 e. The lowest BCUT2D eigenvalue weighted by Crippen LogP contribution is -2.37. The van der Waals surface area contributed by atoms with E-state index in [1.807, 2.05) is 0 Å². The number of ether oxygens (including phenoxy) is 1. The van der Waals surface area contributed by atoms with Crippen LogP contribution in [0, 0.1) is 0 Å². The smallest absolute Gasteiger partial charge is 0.337 e. The molecular weight excluding hydrogens is 236 g/mol. The zero-order valence-electron chi connectivity index (χ0n) is 10.1. The maximum absolute atomic E-state index is 11.2. The van der Waals surface area contributed by atoms with Crippen LogP contribution in [0.25, 0.3) is 0 Å². The first-order valence-corrected chi connectivity index (χ1v) is 5.40. The zero-order chi connectivity index (χ0) is 13.5. The Morgan fingerprint density at radius 1 is 1.39 bits per heavy atom. The maximum atomic E-state index is 11.2. The van der Waals surface area contributed by atoms with Gasteiger partial charge in [0.25, 0.3) is 0 Å². The van der Waals surface area contributed by atoms with Gasteiger partial charge < -0.3 is 20.9 Å². The van der Waals surface area contributed by atoms with E-state index < -0.39 is 18.0 Å². The fourth-order valence-corrected chi connectivity index (χ4v) is 1.33. The van der Waals surface area contributed by atoms with E-state index in [0.717, 1.165) is 5.56 Å². The number of hydrogen-bond acceptors (Lipinski definition) is 5. The summed E-state index contributed by atoms with van der Waals surface area (Å²) in [5.41, 5.74) is 6.29. The Hall–Kier alpha value is -1.92. The van der Waals surface area contributed by atoms with Gasteiger partial charge in [-0.05, 0) is 17.7 Å². The summed E-state index contributed by atoms with van der Waals surface area (Å²) in [5.74, 6) is -1.15. The third-order valence-electron chi connectivity index (χ3n) is 2.37. The Bertz CT molecular complexity index is 417. The summed E-state index contributed by atoms with van der Waals surface area (Å²) in [5, 5.41) is 12.0. The Morgan fingerprint density at radius 2 is 2.00 bits per heavy atom. The van der Waals surface area contributed by atoms with Gasteiger partial charge in [-0.2, -0.15) is 0 Å². The number of nitrogens with two attached hydrogens (primary N) is 1. The van der Waals surface area contributed by atoms with Crippen molar-refractivity contribution in [1.29, 1.82) is 0 Å². The van der Waals surface area contributed by atoms with Crippen LogP contribution in [0.1, 0.15) is 15.9 Å². The van der Waals surface area contributed by atoms with Crippen LogP contribution in [-0.4, -0.2) is 36.7 Å². The fraction of sp³-hybridized carbons (Fsp3) is 0.333. The first kappa shape index (κ1) is 14.1. The van der Waals surface area contributed by atoms with Crippen molar-refractivity contribution in [2.45, 2.75) is 12.6 Å². The monoisotopic (exact) mass is 252 g/mol. The van der Waals surface area contributed by atoms with Crippen molar-refractivity contribution in [1.82, 2.24) is 5.32 Å². The van der Waals surface area contributed by atoms with E-state index in [-0.39, 0.29) is 6.54 Å². The minimum absolute atomic E-state index is 0.0914. The van der Waals surface area contributed by atoms with E-state index in [4.69, 9.17) is 10.8 Å². The van der Waals surface area contributed by atoms with Crippen molar-refractivity contribution < 1.29 is 19.4 Å². The highest BCUT2D eigenvalue weighted by Gasteiger charge is 2.09. The summed E-state index contributed by atoms with van der Waals surface area (Å²) in [6.07, 6.45) is -1.20. The lowest BCUT2D eigenvalue weighted by Gasteiger charge is -2.08. The first-order valence-electron chi connectivity index (χ1n) is 5.40. The predicted molar refractivity (Wildman–Crippen MR) is 64.7 cm³/mol. The SMILES string of the molecule is COC(=O)c1ccc(CNCC(O)C(N)=O)cc1. The Balaban J connectivity index is 2.44. The highest BCUT2D eigenvalue weighted by Crippen LogP contribution is 2.05. The van der Waals surface area contributed by atoms with Crippen LogP contribution in [0.2, 0.25) is 0 Å². The highest BCUT2D eigenvalue weighted by atomic mass is 16.5. The molecule has 0 saturated carbocycles. The molecule has 0 aromatic heterocycles. The number of rotatable bonds is 6. The molecular formula is C12H16N2O4. The van der Waals surface area contributed by atoms with Crippen LogP contribution in [0.15, 0.2) is 24.3 Å². The molecule has 0 bridgehead atoms. The van der Waals surface area contributed by atoms with E-state index in [2.05, 4.69) is 10.1 Å². The molecule has 6 nitrogen and oxygen atoms in total. The number of amides is 1. The van der Waals surface area contributed by atoms with E-state index in [1.54, 1.807) is 24.3 Å². The van der Waals surface area contributed by atoms with Gasteiger partial charge in [-0.1, -0.05) is 12.1 Å². The molecule has 1 aromatic carbocycles. The van der Waals surface area contributed by atoms with E-state index in [1.165, 1.54) is 7.11 Å². The molecule has 1 atom stereocenters. The topological polar surface area (TPSA) is 102 Å². The number of nitrogens with one attached hydrogen (secondary N) is 1. The standard InChI is InChI=1S/C12H16N2O4/c1-18-12(17)9-4-2-8(3-5-9)6-14-7-10(15)11(13)16/h2-5,10,14-15H,6-7H2,1H3,(H2,13,16). The largest absolute Gasteiger partial charge is 0.465 e. The fourth-order valence-electron chi connectivity index (χ4n) is 1.33. The highest BCUT2D eigenvalue weighted by molar-refractivity contribution is 5.89. The Kier molecular flexibility index (Phi) is 5.29. The summed E-state index contributed by atoms with van der Waals surface area (Å²) >= 11 is 0. The van der Waals surface area contributed by atoms with Crippen LogP contribution in [0.3, 0.4) is 0 Å². The second kappa shape index (κ2) is 6.73. The molecule has 6 heteroatoms. The molecule has 1 rings (SSSR count). The summed E-state index contributed by atoms with van der Waals surface area (Å²) in [7, 11) is 1.32. The quantitative estimate of drug-likeness (QED) is 0.587. The van der Waals surface area contributed by atoms with Crippen LogP contribution in [0.5, 0.6) is 0 Å². The molecule has 0 aliphatic rings. The van der Waals surface area contributed by atoms with Crippen LogP contribution in [0.4, 0.5) is 0 Å². The molecule has 0 saturated heterocycles. The second-order valence-corrected chi connectivity index (χ2v) is 3.74. The molecule has 0 fully saturated rings. The number of esters is 1. The summed E-state index contributed by atoms with van der Waals surface area (Å²) in [4.78, 5) is 21.8. The van der Waals surface area contributed by atoms with Gasteiger partial charge in [0.15, 0.2) is 0 Å². The third-order valence-corrected chi connectivity index (χ3v) is 2.37. The van der Waals surface area contributed by atoms with Gasteiger partial charge in [-0.15, -0.1) is 0 Å². The number of hydrogen-bond donors (Lipinski definition) is 3. The van der Waals surface area contributed by atoms with Crippen molar-refractivity contribution in [2.75, 3.05) is 13.7 Å². The van der Waals surface area contributed by atoms with Crippen molar-refractivity contribution >= 4 is 11.9 Å². The van der Waals surface area contributed by atoms with Gasteiger partial charge in [0.1, 0.15) is 6.10 Å². The second-order valence-electron chi connectivity index (χ2n) is 3.74. The van der Waals surface area contributed by atoms with Crippen LogP contribution in [-0.2, 0) is 16.1 Å².